The molecule has 0 saturated heterocycles. The van der Waals surface area contributed by atoms with Gasteiger partial charge in [-0.1, -0.05) is 12.1 Å². The summed E-state index contributed by atoms with van der Waals surface area (Å²) in [6, 6.07) is 10.5. The highest BCUT2D eigenvalue weighted by molar-refractivity contribution is 14.0. The Balaban J connectivity index is 0.00000338. The Bertz CT molecular complexity index is 635. The zero-order valence-electron chi connectivity index (χ0n) is 15.0. The van der Waals surface area contributed by atoms with Crippen LogP contribution in [0.5, 0.6) is 0 Å². The number of hydrogen-bond donors (Lipinski definition) is 2. The van der Waals surface area contributed by atoms with Crippen molar-refractivity contribution in [2.24, 2.45) is 4.99 Å². The Morgan fingerprint density at radius 2 is 1.96 bits per heavy atom. The zero-order chi connectivity index (χ0) is 17.7. The molecule has 1 aromatic heterocycles. The third kappa shape index (κ3) is 9.19. The molecule has 0 aliphatic heterocycles. The van der Waals surface area contributed by atoms with Crippen molar-refractivity contribution >= 4 is 29.9 Å². The van der Waals surface area contributed by atoms with E-state index in [9.17, 15) is 4.39 Å². The van der Waals surface area contributed by atoms with Crippen molar-refractivity contribution in [3.63, 3.8) is 0 Å². The maximum absolute atomic E-state index is 13.1. The number of ether oxygens (including phenoxy) is 1. The van der Waals surface area contributed by atoms with Crippen LogP contribution in [0.1, 0.15) is 24.2 Å². The fourth-order valence-corrected chi connectivity index (χ4v) is 2.36. The van der Waals surface area contributed by atoms with Crippen LogP contribution in [-0.2, 0) is 17.8 Å². The highest BCUT2D eigenvalue weighted by Gasteiger charge is 1.99. The van der Waals surface area contributed by atoms with E-state index in [-0.39, 0.29) is 29.8 Å². The van der Waals surface area contributed by atoms with E-state index < -0.39 is 0 Å². The quantitative estimate of drug-likeness (QED) is 0.238. The largest absolute Gasteiger partial charge is 0.467 e. The molecule has 2 aromatic rings. The van der Waals surface area contributed by atoms with Crippen LogP contribution in [0.25, 0.3) is 0 Å². The molecular weight excluding hydrogens is 448 g/mol. The first kappa shape index (κ1) is 22.4. The van der Waals surface area contributed by atoms with E-state index >= 15 is 0 Å². The van der Waals surface area contributed by atoms with Gasteiger partial charge in [0.05, 0.1) is 6.26 Å². The third-order valence-corrected chi connectivity index (χ3v) is 3.63. The maximum Gasteiger partial charge on any atom is 0.190 e. The first-order chi connectivity index (χ1) is 12.3. The molecule has 0 aliphatic rings. The average Bonchev–Trinajstić information content (AvgIpc) is 3.13. The molecule has 0 bridgehead atoms. The third-order valence-electron chi connectivity index (χ3n) is 3.63. The van der Waals surface area contributed by atoms with Crippen molar-refractivity contribution < 1.29 is 13.5 Å². The Morgan fingerprint density at radius 3 is 2.65 bits per heavy atom. The molecule has 2 rings (SSSR count). The van der Waals surface area contributed by atoms with E-state index in [1.807, 2.05) is 18.2 Å². The Hall–Kier alpha value is -1.61. The molecule has 0 saturated carbocycles. The highest BCUT2D eigenvalue weighted by atomic mass is 127. The molecule has 2 N–H and O–H groups in total. The topological polar surface area (TPSA) is 58.8 Å². The molecule has 0 unspecified atom stereocenters. The van der Waals surface area contributed by atoms with Crippen LogP contribution >= 0.6 is 24.0 Å². The molecule has 0 fully saturated rings. The van der Waals surface area contributed by atoms with Crippen LogP contribution in [0.4, 0.5) is 4.39 Å². The molecule has 0 atom stereocenters. The Kier molecular flexibility index (Phi) is 11.7. The first-order valence-electron chi connectivity index (χ1n) is 8.57. The molecule has 0 amide bonds. The number of hydrogen-bond acceptors (Lipinski definition) is 3. The Morgan fingerprint density at radius 1 is 1.15 bits per heavy atom. The molecule has 1 heterocycles. The van der Waals surface area contributed by atoms with Gasteiger partial charge in [0.25, 0.3) is 0 Å². The molecular formula is C19H27FIN3O2. The fraction of sp³-hybridized carbons (Fsp3) is 0.421. The van der Waals surface area contributed by atoms with Crippen molar-refractivity contribution in [1.29, 1.82) is 0 Å². The van der Waals surface area contributed by atoms with E-state index in [1.54, 1.807) is 25.4 Å². The predicted molar refractivity (Wildman–Crippen MR) is 112 cm³/mol. The van der Waals surface area contributed by atoms with Crippen molar-refractivity contribution in [3.8, 4) is 0 Å². The number of benzene rings is 1. The molecule has 0 spiro atoms. The summed E-state index contributed by atoms with van der Waals surface area (Å²) in [6.45, 7) is 2.72. The zero-order valence-corrected chi connectivity index (χ0v) is 17.4. The lowest BCUT2D eigenvalue weighted by Gasteiger charge is -2.12. The van der Waals surface area contributed by atoms with Gasteiger partial charge in [0.1, 0.15) is 18.2 Å². The summed E-state index contributed by atoms with van der Waals surface area (Å²) < 4.78 is 23.8. The Labute approximate surface area is 171 Å². The van der Waals surface area contributed by atoms with Gasteiger partial charge in [-0.15, -0.1) is 24.0 Å². The lowest BCUT2D eigenvalue weighted by Crippen LogP contribution is -2.38. The fourth-order valence-electron chi connectivity index (χ4n) is 2.36. The molecule has 144 valence electrons. The summed E-state index contributed by atoms with van der Waals surface area (Å²) in [7, 11) is 1.75. The van der Waals surface area contributed by atoms with Gasteiger partial charge < -0.3 is 19.8 Å². The first-order valence-corrected chi connectivity index (χ1v) is 8.57. The predicted octanol–water partition coefficient (Wildman–Crippen LogP) is 3.74. The van der Waals surface area contributed by atoms with Gasteiger partial charge in [-0.05, 0) is 49.1 Å². The average molecular weight is 475 g/mol. The van der Waals surface area contributed by atoms with Crippen molar-refractivity contribution in [2.75, 3.05) is 26.7 Å². The summed E-state index contributed by atoms with van der Waals surface area (Å²) in [4.78, 5) is 4.18. The second-order valence-electron chi connectivity index (χ2n) is 5.64. The van der Waals surface area contributed by atoms with E-state index in [0.29, 0.717) is 13.2 Å². The number of furan rings is 1. The number of halogens is 2. The molecule has 7 heteroatoms. The summed E-state index contributed by atoms with van der Waals surface area (Å²) in [5.74, 6) is 1.42. The van der Waals surface area contributed by atoms with Gasteiger partial charge in [0.2, 0.25) is 0 Å². The molecule has 1 aromatic carbocycles. The van der Waals surface area contributed by atoms with Crippen LogP contribution < -0.4 is 10.6 Å². The number of aliphatic imine (C=N–C) groups is 1. The van der Waals surface area contributed by atoms with Gasteiger partial charge in [-0.25, -0.2) is 4.39 Å². The lowest BCUT2D eigenvalue weighted by atomic mass is 10.1. The second kappa shape index (κ2) is 13.6. The van der Waals surface area contributed by atoms with Crippen molar-refractivity contribution in [1.82, 2.24) is 10.6 Å². The number of guanidine groups is 1. The van der Waals surface area contributed by atoms with Crippen LogP contribution in [0.2, 0.25) is 0 Å². The van der Waals surface area contributed by atoms with E-state index in [4.69, 9.17) is 9.15 Å². The minimum absolute atomic E-state index is 0. The summed E-state index contributed by atoms with van der Waals surface area (Å²) in [5.41, 5.74) is 1.01. The summed E-state index contributed by atoms with van der Waals surface area (Å²) in [6.07, 6.45) is 4.27. The standard InChI is InChI=1S/C19H26FN3O2.HI/c1-21-19(22-10-3-7-16-6-2-8-17(20)14-16)23-11-5-12-24-15-18-9-4-13-25-18;/h2,4,6,8-9,13-14H,3,5,7,10-12,15H2,1H3,(H2,21,22,23);1H. The van der Waals surface area contributed by atoms with Crippen LogP contribution in [0.15, 0.2) is 52.1 Å². The van der Waals surface area contributed by atoms with Crippen LogP contribution in [0.3, 0.4) is 0 Å². The van der Waals surface area contributed by atoms with E-state index in [0.717, 1.165) is 49.6 Å². The van der Waals surface area contributed by atoms with Crippen molar-refractivity contribution in [2.45, 2.75) is 25.9 Å². The molecule has 0 radical (unpaired) electrons. The van der Waals surface area contributed by atoms with Gasteiger partial charge in [-0.2, -0.15) is 0 Å². The van der Waals surface area contributed by atoms with E-state index in [1.165, 1.54) is 6.07 Å². The summed E-state index contributed by atoms with van der Waals surface area (Å²) in [5, 5.41) is 6.50. The lowest BCUT2D eigenvalue weighted by molar-refractivity contribution is 0.105. The monoisotopic (exact) mass is 475 g/mol. The number of nitrogens with zero attached hydrogens (tertiary/aromatic N) is 1. The van der Waals surface area contributed by atoms with Gasteiger partial charge >= 0.3 is 0 Å². The second-order valence-corrected chi connectivity index (χ2v) is 5.64. The number of nitrogens with one attached hydrogen (secondary N) is 2. The molecule has 26 heavy (non-hydrogen) atoms. The number of rotatable bonds is 10. The van der Waals surface area contributed by atoms with E-state index in [2.05, 4.69) is 15.6 Å². The minimum atomic E-state index is -0.183. The molecule has 0 aliphatic carbocycles. The van der Waals surface area contributed by atoms with Crippen molar-refractivity contribution in [3.05, 3.63) is 59.8 Å². The SMILES string of the molecule is CN=C(NCCCOCc1ccco1)NCCCc1cccc(F)c1.I. The van der Waals surface area contributed by atoms with Crippen LogP contribution in [0, 0.1) is 5.82 Å². The van der Waals surface area contributed by atoms with Gasteiger partial charge in [-0.3, -0.25) is 4.99 Å². The number of aryl methyl sites for hydroxylation is 1. The highest BCUT2D eigenvalue weighted by Crippen LogP contribution is 2.05. The smallest absolute Gasteiger partial charge is 0.190 e. The molecule has 5 nitrogen and oxygen atoms in total. The van der Waals surface area contributed by atoms with Gasteiger partial charge in [0, 0.05) is 26.7 Å². The van der Waals surface area contributed by atoms with Gasteiger partial charge in [0.15, 0.2) is 5.96 Å². The van der Waals surface area contributed by atoms with Crippen LogP contribution in [-0.4, -0.2) is 32.7 Å². The normalized spacial score (nSPS) is 11.1. The summed E-state index contributed by atoms with van der Waals surface area (Å²) >= 11 is 0. The maximum atomic E-state index is 13.1. The minimum Gasteiger partial charge on any atom is -0.467 e.